The number of urea groups is 1. The molecule has 0 aliphatic heterocycles. The summed E-state index contributed by atoms with van der Waals surface area (Å²) in [7, 11) is 0. The van der Waals surface area contributed by atoms with Crippen LogP contribution in [0.5, 0.6) is 5.75 Å². The molecule has 7 heteroatoms. The Labute approximate surface area is 102 Å². The molecule has 0 spiro atoms. The molecule has 0 radical (unpaired) electrons. The van der Waals surface area contributed by atoms with Gasteiger partial charge in [-0.15, -0.1) is 11.6 Å². The fourth-order valence-electron chi connectivity index (χ4n) is 1.09. The van der Waals surface area contributed by atoms with Gasteiger partial charge < -0.3 is 15.4 Å². The molecule has 1 aromatic rings. The first-order valence-electron chi connectivity index (χ1n) is 4.77. The van der Waals surface area contributed by atoms with Gasteiger partial charge in [-0.25, -0.2) is 4.79 Å². The highest BCUT2D eigenvalue weighted by Gasteiger charge is 2.06. The van der Waals surface area contributed by atoms with E-state index >= 15 is 0 Å². The second kappa shape index (κ2) is 6.90. The van der Waals surface area contributed by atoms with E-state index in [0.29, 0.717) is 18.1 Å². The average molecular weight is 265 g/mol. The zero-order chi connectivity index (χ0) is 12.7. The second-order valence-corrected chi connectivity index (χ2v) is 3.35. The Morgan fingerprint density at radius 1 is 1.47 bits per heavy atom. The van der Waals surface area contributed by atoms with Gasteiger partial charge in [0.05, 0.1) is 0 Å². The molecule has 0 heterocycles. The van der Waals surface area contributed by atoms with E-state index in [-0.39, 0.29) is 5.75 Å². The summed E-state index contributed by atoms with van der Waals surface area (Å²) in [5.41, 5.74) is 0.357. The Morgan fingerprint density at radius 2 is 2.24 bits per heavy atom. The van der Waals surface area contributed by atoms with Crippen LogP contribution in [0.1, 0.15) is 0 Å². The molecule has 17 heavy (non-hydrogen) atoms. The minimum Gasteiger partial charge on any atom is -0.435 e. The summed E-state index contributed by atoms with van der Waals surface area (Å²) in [5, 5.41) is 4.93. The number of amides is 2. The van der Waals surface area contributed by atoms with Crippen LogP contribution in [-0.4, -0.2) is 25.1 Å². The van der Waals surface area contributed by atoms with E-state index in [1.807, 2.05) is 0 Å². The second-order valence-electron chi connectivity index (χ2n) is 2.98. The maximum absolute atomic E-state index is 11.9. The lowest BCUT2D eigenvalue weighted by molar-refractivity contribution is -0.0497. The van der Waals surface area contributed by atoms with Gasteiger partial charge in [-0.2, -0.15) is 8.78 Å². The third-order valence-electron chi connectivity index (χ3n) is 1.70. The Morgan fingerprint density at radius 3 is 2.88 bits per heavy atom. The third-order valence-corrected chi connectivity index (χ3v) is 1.89. The van der Waals surface area contributed by atoms with E-state index in [4.69, 9.17) is 11.6 Å². The molecule has 0 bridgehead atoms. The normalized spacial score (nSPS) is 10.1. The standard InChI is InChI=1S/C10H11ClF2N2O2/c11-4-5-14-10(16)15-7-2-1-3-8(6-7)17-9(12)13/h1-3,6,9H,4-5H2,(H2,14,15,16). The van der Waals surface area contributed by atoms with Crippen LogP contribution < -0.4 is 15.4 Å². The van der Waals surface area contributed by atoms with Gasteiger partial charge in [0, 0.05) is 24.2 Å². The molecular weight excluding hydrogens is 254 g/mol. The number of carbonyl (C=O) groups excluding carboxylic acids is 1. The van der Waals surface area contributed by atoms with Gasteiger partial charge in [-0.3, -0.25) is 0 Å². The Bertz CT molecular complexity index is 377. The molecule has 0 fully saturated rings. The van der Waals surface area contributed by atoms with Crippen LogP contribution in [0.4, 0.5) is 19.3 Å². The summed E-state index contributed by atoms with van der Waals surface area (Å²) in [6.07, 6.45) is 0. The largest absolute Gasteiger partial charge is 0.435 e. The van der Waals surface area contributed by atoms with Crippen molar-refractivity contribution in [1.29, 1.82) is 0 Å². The Hall–Kier alpha value is -1.56. The topological polar surface area (TPSA) is 50.4 Å². The minimum absolute atomic E-state index is 0.0184. The molecule has 1 rings (SSSR count). The van der Waals surface area contributed by atoms with Crippen LogP contribution in [0.25, 0.3) is 0 Å². The lowest BCUT2D eigenvalue weighted by atomic mass is 10.3. The maximum atomic E-state index is 11.9. The minimum atomic E-state index is -2.89. The van der Waals surface area contributed by atoms with Crippen molar-refractivity contribution in [3.63, 3.8) is 0 Å². The molecule has 4 nitrogen and oxygen atoms in total. The van der Waals surface area contributed by atoms with Gasteiger partial charge in [-0.05, 0) is 12.1 Å². The number of benzene rings is 1. The number of hydrogen-bond acceptors (Lipinski definition) is 2. The molecule has 0 aliphatic rings. The van der Waals surface area contributed by atoms with E-state index in [0.717, 1.165) is 0 Å². The molecule has 0 atom stereocenters. The highest BCUT2D eigenvalue weighted by molar-refractivity contribution is 6.18. The number of carbonyl (C=O) groups is 1. The Kier molecular flexibility index (Phi) is 5.48. The molecule has 0 aromatic heterocycles. The lowest BCUT2D eigenvalue weighted by Crippen LogP contribution is -2.30. The molecule has 0 aliphatic carbocycles. The number of rotatable bonds is 5. The van der Waals surface area contributed by atoms with E-state index in [1.165, 1.54) is 18.2 Å². The maximum Gasteiger partial charge on any atom is 0.387 e. The van der Waals surface area contributed by atoms with Crippen LogP contribution in [0, 0.1) is 0 Å². The SMILES string of the molecule is O=C(NCCCl)Nc1cccc(OC(F)F)c1. The van der Waals surface area contributed by atoms with Crippen LogP contribution in [0.3, 0.4) is 0 Å². The fraction of sp³-hybridized carbons (Fsp3) is 0.300. The monoisotopic (exact) mass is 264 g/mol. The van der Waals surface area contributed by atoms with Gasteiger partial charge in [0.25, 0.3) is 0 Å². The fourth-order valence-corrected chi connectivity index (χ4v) is 1.18. The van der Waals surface area contributed by atoms with Gasteiger partial charge in [0.2, 0.25) is 0 Å². The first-order chi connectivity index (χ1) is 8.11. The summed E-state index contributed by atoms with van der Waals surface area (Å²) >= 11 is 5.39. The van der Waals surface area contributed by atoms with E-state index < -0.39 is 12.6 Å². The summed E-state index contributed by atoms with van der Waals surface area (Å²) in [4.78, 5) is 11.2. The summed E-state index contributed by atoms with van der Waals surface area (Å²) in [5.74, 6) is 0.275. The summed E-state index contributed by atoms with van der Waals surface area (Å²) < 4.78 is 28.1. The van der Waals surface area contributed by atoms with Crippen molar-refractivity contribution < 1.29 is 18.3 Å². The van der Waals surface area contributed by atoms with Gasteiger partial charge in [0.15, 0.2) is 0 Å². The zero-order valence-corrected chi connectivity index (χ0v) is 9.51. The van der Waals surface area contributed by atoms with Crippen molar-refractivity contribution in [3.8, 4) is 5.75 Å². The number of ether oxygens (including phenoxy) is 1. The van der Waals surface area contributed by atoms with Crippen LogP contribution in [0.2, 0.25) is 0 Å². The number of nitrogens with one attached hydrogen (secondary N) is 2. The Balaban J connectivity index is 2.56. The molecule has 0 saturated heterocycles. The molecule has 0 unspecified atom stereocenters. The number of halogens is 3. The number of alkyl halides is 3. The average Bonchev–Trinajstić information content (AvgIpc) is 2.26. The van der Waals surface area contributed by atoms with Crippen molar-refractivity contribution in [3.05, 3.63) is 24.3 Å². The molecule has 94 valence electrons. The van der Waals surface area contributed by atoms with E-state index in [9.17, 15) is 13.6 Å². The molecule has 0 saturated carbocycles. The smallest absolute Gasteiger partial charge is 0.387 e. The van der Waals surface area contributed by atoms with Gasteiger partial charge in [-0.1, -0.05) is 6.07 Å². The highest BCUT2D eigenvalue weighted by Crippen LogP contribution is 2.19. The van der Waals surface area contributed by atoms with Gasteiger partial charge in [0.1, 0.15) is 5.75 Å². The van der Waals surface area contributed by atoms with Crippen LogP contribution >= 0.6 is 11.6 Å². The third kappa shape index (κ3) is 5.35. The highest BCUT2D eigenvalue weighted by atomic mass is 35.5. The molecule has 2 N–H and O–H groups in total. The van der Waals surface area contributed by atoms with Crippen LogP contribution in [0.15, 0.2) is 24.3 Å². The van der Waals surface area contributed by atoms with Crippen LogP contribution in [-0.2, 0) is 0 Å². The summed E-state index contributed by atoms with van der Waals surface area (Å²) in [6.45, 7) is -2.57. The summed E-state index contributed by atoms with van der Waals surface area (Å²) in [6, 6.07) is 5.26. The van der Waals surface area contributed by atoms with Crippen molar-refractivity contribution in [1.82, 2.24) is 5.32 Å². The first-order valence-corrected chi connectivity index (χ1v) is 5.31. The first kappa shape index (κ1) is 13.5. The predicted molar refractivity (Wildman–Crippen MR) is 60.8 cm³/mol. The zero-order valence-electron chi connectivity index (χ0n) is 8.75. The number of hydrogen-bond donors (Lipinski definition) is 2. The van der Waals surface area contributed by atoms with E-state index in [2.05, 4.69) is 15.4 Å². The molecule has 1 aromatic carbocycles. The lowest BCUT2D eigenvalue weighted by Gasteiger charge is -2.08. The van der Waals surface area contributed by atoms with Gasteiger partial charge >= 0.3 is 12.6 Å². The van der Waals surface area contributed by atoms with Crippen molar-refractivity contribution in [2.24, 2.45) is 0 Å². The number of anilines is 1. The van der Waals surface area contributed by atoms with Crippen molar-refractivity contribution in [2.75, 3.05) is 17.7 Å². The van der Waals surface area contributed by atoms with Crippen molar-refractivity contribution >= 4 is 23.3 Å². The molecule has 2 amide bonds. The quantitative estimate of drug-likeness (QED) is 0.804. The predicted octanol–water partition coefficient (Wildman–Crippen LogP) is 2.65. The van der Waals surface area contributed by atoms with Crippen molar-refractivity contribution in [2.45, 2.75) is 6.61 Å². The molecular formula is C10H11ClF2N2O2. The van der Waals surface area contributed by atoms with E-state index in [1.54, 1.807) is 6.07 Å².